The number of aliphatic hydroxyl groups is 3. The van der Waals surface area contributed by atoms with E-state index >= 15 is 0 Å². The van der Waals surface area contributed by atoms with Crippen LogP contribution in [0.4, 0.5) is 0 Å². The first-order chi connectivity index (χ1) is 22.3. The highest BCUT2D eigenvalue weighted by molar-refractivity contribution is 6.39. The summed E-state index contributed by atoms with van der Waals surface area (Å²) in [6, 6.07) is -0.961. The van der Waals surface area contributed by atoms with Crippen molar-refractivity contribution < 1.29 is 44.0 Å². The van der Waals surface area contributed by atoms with Crippen LogP contribution in [0, 0.1) is 29.6 Å². The maximum absolute atomic E-state index is 13.9. The summed E-state index contributed by atoms with van der Waals surface area (Å²) in [6.45, 7) is 7.72. The van der Waals surface area contributed by atoms with Gasteiger partial charge in [0.2, 0.25) is 5.79 Å². The van der Waals surface area contributed by atoms with Crippen LogP contribution in [0.2, 0.25) is 0 Å². The second-order valence-electron chi connectivity index (χ2n) is 14.8. The Hall–Kier alpha value is -2.40. The van der Waals surface area contributed by atoms with Gasteiger partial charge in [0, 0.05) is 18.4 Å². The first-order valence-electron chi connectivity index (χ1n) is 18.0. The molecule has 11 atom stereocenters. The first-order valence-corrected chi connectivity index (χ1v) is 18.0. The minimum atomic E-state index is -2.40. The molecule has 264 valence electrons. The monoisotopic (exact) mass is 659 g/mol. The lowest BCUT2D eigenvalue weighted by Crippen LogP contribution is -2.61. The fourth-order valence-electron chi connectivity index (χ4n) is 7.72. The Morgan fingerprint density at radius 3 is 2.40 bits per heavy atom. The van der Waals surface area contributed by atoms with E-state index in [9.17, 15) is 34.5 Å². The molecular formula is C37H57NO9. The molecule has 3 fully saturated rings. The number of allylic oxidation sites excluding steroid dienone is 4. The molecule has 3 aliphatic heterocycles. The summed E-state index contributed by atoms with van der Waals surface area (Å²) in [5.41, 5.74) is 0. The molecule has 10 heteroatoms. The predicted molar refractivity (Wildman–Crippen MR) is 176 cm³/mol. The molecule has 0 aromatic heterocycles. The molecule has 3 heterocycles. The molecule has 0 radical (unpaired) electrons. The normalized spacial score (nSPS) is 39.5. The number of hydrogen-bond donors (Lipinski definition) is 3. The van der Waals surface area contributed by atoms with Crippen molar-refractivity contribution in [2.45, 2.75) is 147 Å². The van der Waals surface area contributed by atoms with Crippen molar-refractivity contribution in [2.24, 2.45) is 29.6 Å². The van der Waals surface area contributed by atoms with Gasteiger partial charge in [0.15, 0.2) is 5.78 Å². The fourth-order valence-corrected chi connectivity index (χ4v) is 7.72. The van der Waals surface area contributed by atoms with Gasteiger partial charge in [-0.15, -0.1) is 0 Å². The third kappa shape index (κ3) is 9.40. The molecule has 3 N–H and O–H groups in total. The van der Waals surface area contributed by atoms with E-state index in [1.807, 2.05) is 13.0 Å². The number of cyclic esters (lactones) is 1. The van der Waals surface area contributed by atoms with Gasteiger partial charge in [0.05, 0.1) is 18.3 Å². The van der Waals surface area contributed by atoms with Crippen LogP contribution in [0.3, 0.4) is 0 Å². The highest BCUT2D eigenvalue weighted by atomic mass is 16.6. The Kier molecular flexibility index (Phi) is 13.4. The molecule has 0 aromatic carbocycles. The van der Waals surface area contributed by atoms with Gasteiger partial charge >= 0.3 is 5.97 Å². The molecule has 0 spiro atoms. The lowest BCUT2D eigenvalue weighted by atomic mass is 9.78. The Bertz CT molecular complexity index is 1170. The van der Waals surface area contributed by atoms with Gasteiger partial charge in [-0.2, -0.15) is 0 Å². The summed E-state index contributed by atoms with van der Waals surface area (Å²) < 4.78 is 12.2. The lowest BCUT2D eigenvalue weighted by Gasteiger charge is -2.43. The van der Waals surface area contributed by atoms with Crippen molar-refractivity contribution in [3.8, 4) is 0 Å². The molecule has 2 bridgehead atoms. The van der Waals surface area contributed by atoms with E-state index < -0.39 is 65.7 Å². The molecule has 10 nitrogen and oxygen atoms in total. The average Bonchev–Trinajstić information content (AvgIpc) is 3.05. The van der Waals surface area contributed by atoms with Crippen molar-refractivity contribution >= 4 is 23.4 Å². The zero-order chi connectivity index (χ0) is 34.3. The number of fused-ring (bicyclic) bond motifs is 3. The molecular weight excluding hydrogens is 602 g/mol. The number of Topliss-reactive ketones (excluding diaryl/α,β-unsaturated/α-hetero) is 1. The Labute approximate surface area is 279 Å². The standard InChI is InChI=1S/C37H57NO9/c1-23-11-7-5-6-8-13-29(39)26(4)33-19-15-25(3)37(45,47-33)34(42)35(43)38-20-10-9-12-28(38)36(44)46-32(18-14-23)24(2)21-27-16-17-30(40)31(41)22-27/h7-8,11,13,23-28,30-33,40-41,45H,5-6,9-10,12,14-22H2,1-4H3/t23?,24?,25-,26+,27?,28?,30-,31-,32?,33+,37-/m1/s1. The lowest BCUT2D eigenvalue weighted by molar-refractivity contribution is -0.268. The zero-order valence-electron chi connectivity index (χ0n) is 28.7. The summed E-state index contributed by atoms with van der Waals surface area (Å²) in [7, 11) is 0. The van der Waals surface area contributed by atoms with Gasteiger partial charge < -0.3 is 29.7 Å². The van der Waals surface area contributed by atoms with Crippen LogP contribution in [-0.2, 0) is 28.7 Å². The zero-order valence-corrected chi connectivity index (χ0v) is 28.7. The molecule has 1 amide bonds. The van der Waals surface area contributed by atoms with Crippen LogP contribution in [0.15, 0.2) is 24.3 Å². The van der Waals surface area contributed by atoms with Crippen molar-refractivity contribution in [3.05, 3.63) is 24.3 Å². The number of carbonyl (C=O) groups is 4. The SMILES string of the molecule is CC1C=CCCC=CC(=O)[C@H](C)[C@@H]2CC[C@@H](C)[C@@](O)(O2)C(=O)C(=O)N2CCCCC2C(=O)OC(C(C)CC2CC[C@@H](O)[C@H](O)C2)CC1. The maximum Gasteiger partial charge on any atom is 0.329 e. The summed E-state index contributed by atoms with van der Waals surface area (Å²) in [4.78, 5) is 55.7. The first kappa shape index (κ1) is 37.4. The Balaban J connectivity index is 1.59. The van der Waals surface area contributed by atoms with Crippen LogP contribution in [0.5, 0.6) is 0 Å². The van der Waals surface area contributed by atoms with E-state index in [1.165, 1.54) is 11.0 Å². The van der Waals surface area contributed by atoms with Gasteiger partial charge in [-0.05, 0) is 107 Å². The van der Waals surface area contributed by atoms with E-state index in [-0.39, 0.29) is 30.1 Å². The number of amides is 1. The molecule has 4 aliphatic rings. The summed E-state index contributed by atoms with van der Waals surface area (Å²) >= 11 is 0. The minimum absolute atomic E-state index is 0.0302. The number of hydrogen-bond acceptors (Lipinski definition) is 9. The Morgan fingerprint density at radius 2 is 1.66 bits per heavy atom. The third-order valence-electron chi connectivity index (χ3n) is 11.1. The van der Waals surface area contributed by atoms with Crippen molar-refractivity contribution in [1.82, 2.24) is 4.90 Å². The topological polar surface area (TPSA) is 151 Å². The van der Waals surface area contributed by atoms with Gasteiger partial charge in [-0.1, -0.05) is 45.9 Å². The van der Waals surface area contributed by atoms with Crippen molar-refractivity contribution in [1.29, 1.82) is 0 Å². The second-order valence-corrected chi connectivity index (χ2v) is 14.8. The van der Waals surface area contributed by atoms with Gasteiger partial charge in [-0.3, -0.25) is 14.4 Å². The Morgan fingerprint density at radius 1 is 0.915 bits per heavy atom. The van der Waals surface area contributed by atoms with Crippen LogP contribution in [0.25, 0.3) is 0 Å². The van der Waals surface area contributed by atoms with Crippen LogP contribution >= 0.6 is 0 Å². The summed E-state index contributed by atoms with van der Waals surface area (Å²) in [5.74, 6) is -6.10. The molecule has 1 aliphatic carbocycles. The van der Waals surface area contributed by atoms with Gasteiger partial charge in [0.1, 0.15) is 12.1 Å². The number of rotatable bonds is 3. The molecule has 47 heavy (non-hydrogen) atoms. The molecule has 4 rings (SSSR count). The smallest absolute Gasteiger partial charge is 0.329 e. The highest BCUT2D eigenvalue weighted by Gasteiger charge is 2.53. The summed E-state index contributed by atoms with van der Waals surface area (Å²) in [6.07, 6.45) is 12.9. The van der Waals surface area contributed by atoms with E-state index in [1.54, 1.807) is 13.8 Å². The van der Waals surface area contributed by atoms with Gasteiger partial charge in [-0.25, -0.2) is 4.79 Å². The van der Waals surface area contributed by atoms with Crippen LogP contribution in [0.1, 0.15) is 111 Å². The molecule has 5 unspecified atom stereocenters. The largest absolute Gasteiger partial charge is 0.461 e. The molecule has 0 aromatic rings. The second kappa shape index (κ2) is 16.8. The van der Waals surface area contributed by atoms with Crippen molar-refractivity contribution in [3.63, 3.8) is 0 Å². The minimum Gasteiger partial charge on any atom is -0.461 e. The van der Waals surface area contributed by atoms with Crippen LogP contribution in [-0.4, -0.2) is 86.5 Å². The molecule has 2 saturated heterocycles. The maximum atomic E-state index is 13.9. The number of piperidine rings is 1. The molecule has 1 saturated carbocycles. The van der Waals surface area contributed by atoms with Crippen LogP contribution < -0.4 is 0 Å². The third-order valence-corrected chi connectivity index (χ3v) is 11.1. The highest BCUT2D eigenvalue weighted by Crippen LogP contribution is 2.37. The quantitative estimate of drug-likeness (QED) is 0.227. The van der Waals surface area contributed by atoms with E-state index in [0.29, 0.717) is 57.8 Å². The number of esters is 1. The fraction of sp³-hybridized carbons (Fsp3) is 0.784. The van der Waals surface area contributed by atoms with Crippen molar-refractivity contribution in [2.75, 3.05) is 6.54 Å². The van der Waals surface area contributed by atoms with Gasteiger partial charge in [0.25, 0.3) is 11.7 Å². The van der Waals surface area contributed by atoms with E-state index in [4.69, 9.17) is 9.47 Å². The predicted octanol–water partition coefficient (Wildman–Crippen LogP) is 4.43. The van der Waals surface area contributed by atoms with E-state index in [2.05, 4.69) is 19.1 Å². The number of aliphatic hydroxyl groups excluding tert-OH is 2. The number of ether oxygens (including phenoxy) is 2. The van der Waals surface area contributed by atoms with E-state index in [0.717, 1.165) is 25.7 Å². The number of nitrogens with zero attached hydrogens (tertiary/aromatic N) is 1. The average molecular weight is 660 g/mol. The number of carbonyl (C=O) groups excluding carboxylic acids is 4. The summed E-state index contributed by atoms with van der Waals surface area (Å²) in [5, 5.41) is 31.9. The number of ketones is 2.